The first-order chi connectivity index (χ1) is 9.02. The molecule has 1 heterocycles. The van der Waals surface area contributed by atoms with Gasteiger partial charge in [0.1, 0.15) is 16.8 Å². The van der Waals surface area contributed by atoms with Crippen LogP contribution in [0, 0.1) is 5.82 Å². The van der Waals surface area contributed by atoms with Gasteiger partial charge >= 0.3 is 0 Å². The van der Waals surface area contributed by atoms with Crippen molar-refractivity contribution in [2.24, 2.45) is 0 Å². The van der Waals surface area contributed by atoms with Crippen molar-refractivity contribution in [1.82, 2.24) is 9.97 Å². The molecule has 2 nitrogen and oxygen atoms in total. The summed E-state index contributed by atoms with van der Waals surface area (Å²) in [5.41, 5.74) is 1.17. The Hall–Kier alpha value is -0.710. The van der Waals surface area contributed by atoms with Crippen LogP contribution < -0.4 is 0 Å². The van der Waals surface area contributed by atoms with Crippen molar-refractivity contribution in [3.63, 3.8) is 0 Å². The Morgan fingerprint density at radius 3 is 2.63 bits per heavy atom. The van der Waals surface area contributed by atoms with Crippen molar-refractivity contribution < 1.29 is 4.39 Å². The molecule has 0 spiro atoms. The van der Waals surface area contributed by atoms with Crippen molar-refractivity contribution in [1.29, 1.82) is 0 Å². The molecule has 0 bridgehead atoms. The van der Waals surface area contributed by atoms with Crippen LogP contribution in [-0.2, 0) is 12.8 Å². The Balaban J connectivity index is 2.41. The van der Waals surface area contributed by atoms with E-state index in [1.165, 1.54) is 6.07 Å². The van der Waals surface area contributed by atoms with Gasteiger partial charge in [0.05, 0.1) is 10.2 Å². The van der Waals surface area contributed by atoms with Crippen LogP contribution in [-0.4, -0.2) is 9.97 Å². The summed E-state index contributed by atoms with van der Waals surface area (Å²) in [7, 11) is 0. The quantitative estimate of drug-likeness (QED) is 0.729. The fourth-order valence-corrected chi connectivity index (χ4v) is 2.58. The minimum Gasteiger partial charge on any atom is -0.236 e. The van der Waals surface area contributed by atoms with Gasteiger partial charge < -0.3 is 0 Å². The van der Waals surface area contributed by atoms with Gasteiger partial charge in [0.15, 0.2) is 0 Å². The standard InChI is InChI=1S/C13H10BrCl2FN2/c1-2-10-12(14)13(16)19-11(18-10)6-7-8(15)4-3-5-9(7)17/h3-5H,2,6H2,1H3. The maximum Gasteiger partial charge on any atom is 0.147 e. The second kappa shape index (κ2) is 6.16. The molecule has 1 aromatic carbocycles. The zero-order valence-corrected chi connectivity index (χ0v) is 13.2. The van der Waals surface area contributed by atoms with Gasteiger partial charge in [-0.2, -0.15) is 0 Å². The summed E-state index contributed by atoms with van der Waals surface area (Å²) in [6, 6.07) is 4.57. The highest BCUT2D eigenvalue weighted by Crippen LogP contribution is 2.26. The maximum atomic E-state index is 13.7. The molecule has 2 rings (SSSR count). The average molecular weight is 364 g/mol. The Morgan fingerprint density at radius 1 is 1.26 bits per heavy atom. The summed E-state index contributed by atoms with van der Waals surface area (Å²) in [6.45, 7) is 1.96. The lowest BCUT2D eigenvalue weighted by molar-refractivity contribution is 0.612. The van der Waals surface area contributed by atoms with Gasteiger partial charge in [0.2, 0.25) is 0 Å². The minimum absolute atomic E-state index is 0.214. The van der Waals surface area contributed by atoms with Crippen LogP contribution in [0.4, 0.5) is 4.39 Å². The zero-order chi connectivity index (χ0) is 14.0. The van der Waals surface area contributed by atoms with Crippen molar-refractivity contribution in [3.05, 3.63) is 55.7 Å². The van der Waals surface area contributed by atoms with Crippen LogP contribution in [0.2, 0.25) is 10.2 Å². The number of hydrogen-bond donors (Lipinski definition) is 0. The van der Waals surface area contributed by atoms with Crippen LogP contribution >= 0.6 is 39.1 Å². The molecular weight excluding hydrogens is 354 g/mol. The molecule has 0 saturated carbocycles. The molecule has 0 aliphatic rings. The Morgan fingerprint density at radius 2 is 2.00 bits per heavy atom. The first kappa shape index (κ1) is 14.7. The van der Waals surface area contributed by atoms with E-state index in [0.29, 0.717) is 32.5 Å². The topological polar surface area (TPSA) is 25.8 Å². The third kappa shape index (κ3) is 3.25. The highest BCUT2D eigenvalue weighted by Gasteiger charge is 2.13. The van der Waals surface area contributed by atoms with Gasteiger partial charge in [-0.1, -0.05) is 36.2 Å². The Bertz CT molecular complexity index is 600. The van der Waals surface area contributed by atoms with Gasteiger partial charge in [-0.3, -0.25) is 0 Å². The predicted molar refractivity (Wildman–Crippen MR) is 78.3 cm³/mol. The molecule has 0 amide bonds. The molecule has 2 aromatic rings. The second-order valence-corrected chi connectivity index (χ2v) is 5.48. The SMILES string of the molecule is CCc1nc(Cc2c(F)cccc2Cl)nc(Cl)c1Br. The summed E-state index contributed by atoms with van der Waals surface area (Å²) in [4.78, 5) is 8.50. The van der Waals surface area contributed by atoms with Gasteiger partial charge in [0, 0.05) is 17.0 Å². The highest BCUT2D eigenvalue weighted by atomic mass is 79.9. The smallest absolute Gasteiger partial charge is 0.147 e. The van der Waals surface area contributed by atoms with Crippen LogP contribution in [0.25, 0.3) is 0 Å². The van der Waals surface area contributed by atoms with E-state index in [0.717, 1.165) is 5.69 Å². The van der Waals surface area contributed by atoms with E-state index in [9.17, 15) is 4.39 Å². The summed E-state index contributed by atoms with van der Waals surface area (Å²) in [5.74, 6) is 0.0882. The van der Waals surface area contributed by atoms with Crippen molar-refractivity contribution in [2.75, 3.05) is 0 Å². The minimum atomic E-state index is -0.367. The first-order valence-electron chi connectivity index (χ1n) is 5.66. The molecule has 0 unspecified atom stereocenters. The van der Waals surface area contributed by atoms with E-state index in [1.807, 2.05) is 6.92 Å². The van der Waals surface area contributed by atoms with E-state index in [-0.39, 0.29) is 12.2 Å². The van der Waals surface area contributed by atoms with Crippen LogP contribution in [0.3, 0.4) is 0 Å². The lowest BCUT2D eigenvalue weighted by Gasteiger charge is -2.08. The van der Waals surface area contributed by atoms with Gasteiger partial charge in [-0.25, -0.2) is 14.4 Å². The van der Waals surface area contributed by atoms with E-state index < -0.39 is 0 Å². The molecule has 0 aliphatic carbocycles. The molecule has 6 heteroatoms. The first-order valence-corrected chi connectivity index (χ1v) is 7.21. The number of aryl methyl sites for hydroxylation is 1. The summed E-state index contributed by atoms with van der Waals surface area (Å²) >= 11 is 15.3. The van der Waals surface area contributed by atoms with Crippen molar-refractivity contribution in [2.45, 2.75) is 19.8 Å². The number of aromatic nitrogens is 2. The number of hydrogen-bond acceptors (Lipinski definition) is 2. The number of rotatable bonds is 3. The van der Waals surface area contributed by atoms with Gasteiger partial charge in [-0.15, -0.1) is 0 Å². The largest absolute Gasteiger partial charge is 0.236 e. The predicted octanol–water partition coefficient (Wildman–Crippen LogP) is 4.84. The zero-order valence-electron chi connectivity index (χ0n) is 10.1. The van der Waals surface area contributed by atoms with E-state index in [4.69, 9.17) is 23.2 Å². The summed E-state index contributed by atoms with van der Waals surface area (Å²) in [6.07, 6.45) is 0.923. The highest BCUT2D eigenvalue weighted by molar-refractivity contribution is 9.10. The van der Waals surface area contributed by atoms with E-state index in [1.54, 1.807) is 12.1 Å². The maximum absolute atomic E-state index is 13.7. The van der Waals surface area contributed by atoms with Gasteiger partial charge in [0.25, 0.3) is 0 Å². The molecule has 0 saturated heterocycles. The summed E-state index contributed by atoms with van der Waals surface area (Å²) in [5, 5.41) is 0.690. The summed E-state index contributed by atoms with van der Waals surface area (Å²) < 4.78 is 14.4. The third-order valence-corrected chi connectivity index (χ3v) is 4.35. The molecule has 0 aliphatic heterocycles. The molecule has 0 radical (unpaired) electrons. The third-order valence-electron chi connectivity index (χ3n) is 2.66. The number of halogens is 4. The van der Waals surface area contributed by atoms with E-state index >= 15 is 0 Å². The average Bonchev–Trinajstić information content (AvgIpc) is 2.38. The van der Waals surface area contributed by atoms with Crippen molar-refractivity contribution in [3.8, 4) is 0 Å². The normalized spacial score (nSPS) is 10.8. The molecule has 0 atom stereocenters. The molecular formula is C13H10BrCl2FN2. The molecule has 100 valence electrons. The Kier molecular flexibility index (Phi) is 4.76. The number of benzene rings is 1. The lowest BCUT2D eigenvalue weighted by Crippen LogP contribution is -2.04. The molecule has 1 aromatic heterocycles. The monoisotopic (exact) mass is 362 g/mol. The van der Waals surface area contributed by atoms with Crippen LogP contribution in [0.15, 0.2) is 22.7 Å². The fourth-order valence-electron chi connectivity index (χ4n) is 1.68. The fraction of sp³-hybridized carbons (Fsp3) is 0.231. The van der Waals surface area contributed by atoms with Crippen LogP contribution in [0.5, 0.6) is 0 Å². The van der Waals surface area contributed by atoms with Crippen molar-refractivity contribution >= 4 is 39.1 Å². The van der Waals surface area contributed by atoms with E-state index in [2.05, 4.69) is 25.9 Å². The second-order valence-electron chi connectivity index (χ2n) is 3.92. The number of nitrogens with zero attached hydrogens (tertiary/aromatic N) is 2. The lowest BCUT2D eigenvalue weighted by atomic mass is 10.1. The Labute approximate surface area is 129 Å². The van der Waals surface area contributed by atoms with Crippen LogP contribution in [0.1, 0.15) is 24.0 Å². The molecule has 0 N–H and O–H groups in total. The molecule has 0 fully saturated rings. The van der Waals surface area contributed by atoms with Gasteiger partial charge in [-0.05, 0) is 34.5 Å². The molecule has 19 heavy (non-hydrogen) atoms.